The molecule has 0 bridgehead atoms. The number of hydrogen-bond donors (Lipinski definition) is 2. The second-order valence-corrected chi connectivity index (χ2v) is 6.24. The average molecular weight is 291 g/mol. The molecule has 21 heavy (non-hydrogen) atoms. The average Bonchev–Trinajstić information content (AvgIpc) is 2.94. The maximum atomic E-state index is 12.2. The number of ether oxygens (including phenoxy) is 1. The monoisotopic (exact) mass is 291 g/mol. The molecule has 4 heteroatoms. The Labute approximate surface area is 126 Å². The van der Waals surface area contributed by atoms with E-state index in [9.17, 15) is 9.90 Å². The molecule has 0 aliphatic heterocycles. The van der Waals surface area contributed by atoms with Gasteiger partial charge in [0.15, 0.2) is 0 Å². The molecule has 1 aromatic rings. The van der Waals surface area contributed by atoms with Gasteiger partial charge in [0.25, 0.3) is 5.91 Å². The molecular formula is C17H25NO3. The number of benzene rings is 1. The fraction of sp³-hybridized carbons (Fsp3) is 0.588. The third kappa shape index (κ3) is 4.21. The van der Waals surface area contributed by atoms with Gasteiger partial charge in [-0.05, 0) is 44.9 Å². The lowest BCUT2D eigenvalue weighted by Crippen LogP contribution is -2.38. The fourth-order valence-corrected chi connectivity index (χ4v) is 2.87. The van der Waals surface area contributed by atoms with Crippen LogP contribution in [0.2, 0.25) is 0 Å². The standard InChI is InChI=1S/C17H25NO3/c1-13(2)21-15-7-5-6-14(10-15)16(20)18-11-17(12-19)8-3-4-9-17/h5-7,10,13,19H,3-4,8-9,11-12H2,1-2H3,(H,18,20). The largest absolute Gasteiger partial charge is 0.491 e. The fourth-order valence-electron chi connectivity index (χ4n) is 2.87. The lowest BCUT2D eigenvalue weighted by molar-refractivity contribution is 0.0880. The predicted molar refractivity (Wildman–Crippen MR) is 82.5 cm³/mol. The van der Waals surface area contributed by atoms with E-state index in [4.69, 9.17) is 4.74 Å². The van der Waals surface area contributed by atoms with Crippen molar-refractivity contribution in [3.8, 4) is 5.75 Å². The molecule has 116 valence electrons. The molecule has 1 aliphatic rings. The van der Waals surface area contributed by atoms with Gasteiger partial charge in [-0.1, -0.05) is 18.9 Å². The molecule has 2 N–H and O–H groups in total. The van der Waals surface area contributed by atoms with Crippen LogP contribution in [0, 0.1) is 5.41 Å². The second kappa shape index (κ2) is 6.94. The Morgan fingerprint density at radius 3 is 2.71 bits per heavy atom. The first-order chi connectivity index (χ1) is 10.0. The zero-order chi connectivity index (χ0) is 15.3. The Kier molecular flexibility index (Phi) is 5.23. The molecule has 1 saturated carbocycles. The van der Waals surface area contributed by atoms with Crippen molar-refractivity contribution in [2.75, 3.05) is 13.2 Å². The molecule has 0 saturated heterocycles. The van der Waals surface area contributed by atoms with E-state index < -0.39 is 0 Å². The van der Waals surface area contributed by atoms with E-state index in [1.807, 2.05) is 26.0 Å². The first-order valence-electron chi connectivity index (χ1n) is 7.70. The smallest absolute Gasteiger partial charge is 0.251 e. The minimum atomic E-state index is -0.123. The van der Waals surface area contributed by atoms with E-state index in [2.05, 4.69) is 5.32 Å². The summed E-state index contributed by atoms with van der Waals surface area (Å²) in [5, 5.41) is 12.5. The highest BCUT2D eigenvalue weighted by Crippen LogP contribution is 2.36. The molecule has 0 atom stereocenters. The lowest BCUT2D eigenvalue weighted by atomic mass is 9.87. The summed E-state index contributed by atoms with van der Waals surface area (Å²) >= 11 is 0. The van der Waals surface area contributed by atoms with Crippen LogP contribution in [-0.4, -0.2) is 30.3 Å². The van der Waals surface area contributed by atoms with Gasteiger partial charge >= 0.3 is 0 Å². The van der Waals surface area contributed by atoms with Gasteiger partial charge in [-0.25, -0.2) is 0 Å². The number of amides is 1. The maximum Gasteiger partial charge on any atom is 0.251 e. The molecule has 0 aromatic heterocycles. The third-order valence-electron chi connectivity index (χ3n) is 4.09. The minimum Gasteiger partial charge on any atom is -0.491 e. The van der Waals surface area contributed by atoms with Crippen LogP contribution in [0.1, 0.15) is 49.9 Å². The summed E-state index contributed by atoms with van der Waals surface area (Å²) in [5.74, 6) is 0.597. The van der Waals surface area contributed by atoms with Crippen LogP contribution in [0.3, 0.4) is 0 Å². The van der Waals surface area contributed by atoms with Gasteiger partial charge in [0.05, 0.1) is 12.7 Å². The van der Waals surface area contributed by atoms with E-state index in [0.29, 0.717) is 17.9 Å². The Morgan fingerprint density at radius 1 is 1.38 bits per heavy atom. The van der Waals surface area contributed by atoms with Crippen LogP contribution in [0.15, 0.2) is 24.3 Å². The van der Waals surface area contributed by atoms with Crippen molar-refractivity contribution in [2.24, 2.45) is 5.41 Å². The quantitative estimate of drug-likeness (QED) is 0.847. The Balaban J connectivity index is 1.96. The number of aliphatic hydroxyl groups excluding tert-OH is 1. The Morgan fingerprint density at radius 2 is 2.10 bits per heavy atom. The molecule has 1 aliphatic carbocycles. The van der Waals surface area contributed by atoms with Gasteiger partial charge in [0.1, 0.15) is 5.75 Å². The lowest BCUT2D eigenvalue weighted by Gasteiger charge is -2.26. The van der Waals surface area contributed by atoms with E-state index in [-0.39, 0.29) is 24.0 Å². The predicted octanol–water partition coefficient (Wildman–Crippen LogP) is 2.76. The SMILES string of the molecule is CC(C)Oc1cccc(C(=O)NCC2(CO)CCCC2)c1. The van der Waals surface area contributed by atoms with Crippen molar-refractivity contribution in [3.05, 3.63) is 29.8 Å². The summed E-state index contributed by atoms with van der Waals surface area (Å²) in [7, 11) is 0. The first-order valence-corrected chi connectivity index (χ1v) is 7.70. The van der Waals surface area contributed by atoms with Crippen molar-refractivity contribution in [1.29, 1.82) is 0 Å². The van der Waals surface area contributed by atoms with E-state index in [1.165, 1.54) is 0 Å². The van der Waals surface area contributed by atoms with E-state index in [1.54, 1.807) is 12.1 Å². The number of aliphatic hydroxyl groups is 1. The van der Waals surface area contributed by atoms with Gasteiger partial charge in [0, 0.05) is 17.5 Å². The van der Waals surface area contributed by atoms with Gasteiger partial charge in [-0.2, -0.15) is 0 Å². The minimum absolute atomic E-state index is 0.0828. The zero-order valence-corrected chi connectivity index (χ0v) is 12.9. The summed E-state index contributed by atoms with van der Waals surface area (Å²) in [4.78, 5) is 12.2. The second-order valence-electron chi connectivity index (χ2n) is 6.24. The molecule has 4 nitrogen and oxygen atoms in total. The van der Waals surface area contributed by atoms with Crippen LogP contribution in [0.5, 0.6) is 5.75 Å². The van der Waals surface area contributed by atoms with Gasteiger partial charge in [-0.3, -0.25) is 4.79 Å². The summed E-state index contributed by atoms with van der Waals surface area (Å²) in [6, 6.07) is 7.21. The van der Waals surface area contributed by atoms with Gasteiger partial charge in [-0.15, -0.1) is 0 Å². The van der Waals surface area contributed by atoms with Crippen LogP contribution in [0.4, 0.5) is 0 Å². The van der Waals surface area contributed by atoms with Crippen molar-refractivity contribution in [1.82, 2.24) is 5.32 Å². The molecule has 0 spiro atoms. The number of rotatable bonds is 6. The van der Waals surface area contributed by atoms with Crippen molar-refractivity contribution < 1.29 is 14.6 Å². The van der Waals surface area contributed by atoms with Crippen molar-refractivity contribution in [2.45, 2.75) is 45.6 Å². The number of carbonyl (C=O) groups excluding carboxylic acids is 1. The number of carbonyl (C=O) groups is 1. The summed E-state index contributed by atoms with van der Waals surface area (Å²) < 4.78 is 5.60. The number of nitrogens with one attached hydrogen (secondary N) is 1. The molecule has 0 unspecified atom stereocenters. The summed E-state index contributed by atoms with van der Waals surface area (Å²) in [6.07, 6.45) is 4.32. The summed E-state index contributed by atoms with van der Waals surface area (Å²) in [6.45, 7) is 4.59. The molecule has 0 heterocycles. The van der Waals surface area contributed by atoms with E-state index >= 15 is 0 Å². The molecule has 1 aromatic carbocycles. The highest BCUT2D eigenvalue weighted by Gasteiger charge is 2.33. The van der Waals surface area contributed by atoms with Crippen LogP contribution in [0.25, 0.3) is 0 Å². The Bertz CT molecular complexity index is 479. The van der Waals surface area contributed by atoms with Crippen molar-refractivity contribution >= 4 is 5.91 Å². The highest BCUT2D eigenvalue weighted by atomic mass is 16.5. The highest BCUT2D eigenvalue weighted by molar-refractivity contribution is 5.94. The first kappa shape index (κ1) is 15.8. The zero-order valence-electron chi connectivity index (χ0n) is 12.9. The Hall–Kier alpha value is -1.55. The summed E-state index contributed by atoms with van der Waals surface area (Å²) in [5.41, 5.74) is 0.473. The molecule has 0 radical (unpaired) electrons. The van der Waals surface area contributed by atoms with Gasteiger partial charge < -0.3 is 15.2 Å². The van der Waals surface area contributed by atoms with Crippen LogP contribution >= 0.6 is 0 Å². The molecule has 1 amide bonds. The van der Waals surface area contributed by atoms with Crippen molar-refractivity contribution in [3.63, 3.8) is 0 Å². The maximum absolute atomic E-state index is 12.2. The van der Waals surface area contributed by atoms with Crippen LogP contribution in [-0.2, 0) is 0 Å². The van der Waals surface area contributed by atoms with E-state index in [0.717, 1.165) is 25.7 Å². The third-order valence-corrected chi connectivity index (χ3v) is 4.09. The molecule has 2 rings (SSSR count). The topological polar surface area (TPSA) is 58.6 Å². The number of hydrogen-bond acceptors (Lipinski definition) is 3. The normalized spacial score (nSPS) is 17.0. The van der Waals surface area contributed by atoms with Gasteiger partial charge in [0.2, 0.25) is 0 Å². The molecule has 1 fully saturated rings. The van der Waals surface area contributed by atoms with Crippen LogP contribution < -0.4 is 10.1 Å². The molecular weight excluding hydrogens is 266 g/mol.